The Morgan fingerprint density at radius 1 is 1.20 bits per heavy atom. The van der Waals surface area contributed by atoms with Gasteiger partial charge in [0.1, 0.15) is 5.54 Å². The molecule has 1 atom stereocenters. The van der Waals surface area contributed by atoms with E-state index in [4.69, 9.17) is 9.47 Å². The molecule has 4 heteroatoms. The molecule has 2 saturated carbocycles. The molecular formula is C16H29NO3. The van der Waals surface area contributed by atoms with Gasteiger partial charge in [-0.15, -0.1) is 0 Å². The van der Waals surface area contributed by atoms with Crippen molar-refractivity contribution in [3.63, 3.8) is 0 Å². The predicted molar refractivity (Wildman–Crippen MR) is 78.5 cm³/mol. The first-order valence-electron chi connectivity index (χ1n) is 8.14. The van der Waals surface area contributed by atoms with Crippen LogP contribution in [0.3, 0.4) is 0 Å². The Labute approximate surface area is 122 Å². The van der Waals surface area contributed by atoms with Crippen LogP contribution >= 0.6 is 0 Å². The van der Waals surface area contributed by atoms with Crippen LogP contribution in [0.15, 0.2) is 0 Å². The summed E-state index contributed by atoms with van der Waals surface area (Å²) >= 11 is 0. The van der Waals surface area contributed by atoms with Crippen LogP contribution in [0.1, 0.15) is 51.9 Å². The Morgan fingerprint density at radius 3 is 2.45 bits per heavy atom. The molecule has 2 aliphatic rings. The molecule has 20 heavy (non-hydrogen) atoms. The van der Waals surface area contributed by atoms with Crippen molar-refractivity contribution in [3.05, 3.63) is 0 Å². The molecule has 2 aliphatic carbocycles. The molecule has 0 heterocycles. The number of esters is 1. The number of methoxy groups -OCH3 is 1. The molecule has 0 saturated heterocycles. The van der Waals surface area contributed by atoms with Gasteiger partial charge in [0.2, 0.25) is 0 Å². The van der Waals surface area contributed by atoms with Crippen LogP contribution in [0.25, 0.3) is 0 Å². The minimum absolute atomic E-state index is 0.162. The third-order valence-corrected chi connectivity index (χ3v) is 4.72. The summed E-state index contributed by atoms with van der Waals surface area (Å²) < 4.78 is 11.0. The van der Waals surface area contributed by atoms with E-state index in [1.165, 1.54) is 39.2 Å². The van der Waals surface area contributed by atoms with Crippen LogP contribution in [0.4, 0.5) is 0 Å². The van der Waals surface area contributed by atoms with Crippen molar-refractivity contribution in [3.8, 4) is 0 Å². The van der Waals surface area contributed by atoms with E-state index in [9.17, 15) is 4.79 Å². The second-order valence-corrected chi connectivity index (χ2v) is 6.29. The second kappa shape index (κ2) is 7.41. The standard InChI is InChI=1S/C16H29NO3/c1-3-17-16(14-9-10-14,15(18)19-2)12-20-11-13-7-5-4-6-8-13/h13-14,17H,3-12H2,1-2H3. The fourth-order valence-electron chi connectivity index (χ4n) is 3.43. The van der Waals surface area contributed by atoms with E-state index in [0.29, 0.717) is 18.4 Å². The second-order valence-electron chi connectivity index (χ2n) is 6.29. The van der Waals surface area contributed by atoms with Gasteiger partial charge >= 0.3 is 5.97 Å². The van der Waals surface area contributed by atoms with Crippen LogP contribution in [0.5, 0.6) is 0 Å². The molecule has 0 aliphatic heterocycles. The lowest BCUT2D eigenvalue weighted by molar-refractivity contribution is -0.153. The van der Waals surface area contributed by atoms with Gasteiger partial charge in [0.05, 0.1) is 13.7 Å². The van der Waals surface area contributed by atoms with E-state index in [-0.39, 0.29) is 5.97 Å². The Morgan fingerprint density at radius 2 is 1.90 bits per heavy atom. The summed E-state index contributed by atoms with van der Waals surface area (Å²) in [4.78, 5) is 12.2. The maximum Gasteiger partial charge on any atom is 0.328 e. The Bertz CT molecular complexity index is 311. The van der Waals surface area contributed by atoms with Gasteiger partial charge in [0, 0.05) is 6.61 Å². The molecule has 0 aromatic rings. The number of likely N-dealkylation sites (N-methyl/N-ethyl adjacent to an activating group) is 1. The smallest absolute Gasteiger partial charge is 0.328 e. The number of hydrogen-bond acceptors (Lipinski definition) is 4. The highest BCUT2D eigenvalue weighted by Crippen LogP contribution is 2.41. The summed E-state index contributed by atoms with van der Waals surface area (Å²) in [6.45, 7) is 4.03. The lowest BCUT2D eigenvalue weighted by Crippen LogP contribution is -2.58. The maximum atomic E-state index is 12.2. The van der Waals surface area contributed by atoms with Crippen LogP contribution in [-0.2, 0) is 14.3 Å². The first-order chi connectivity index (χ1) is 9.73. The zero-order valence-corrected chi connectivity index (χ0v) is 13.0. The molecule has 0 radical (unpaired) electrons. The molecule has 0 aromatic carbocycles. The van der Waals surface area contributed by atoms with Crippen molar-refractivity contribution < 1.29 is 14.3 Å². The van der Waals surface area contributed by atoms with E-state index < -0.39 is 5.54 Å². The van der Waals surface area contributed by atoms with Gasteiger partial charge in [-0.05, 0) is 44.1 Å². The lowest BCUT2D eigenvalue weighted by atomic mass is 9.90. The van der Waals surface area contributed by atoms with Gasteiger partial charge in [0.15, 0.2) is 0 Å². The van der Waals surface area contributed by atoms with Gasteiger partial charge in [-0.25, -0.2) is 4.79 Å². The normalized spacial score (nSPS) is 23.3. The molecule has 0 spiro atoms. The SMILES string of the molecule is CCNC(COCC1CCCCC1)(C(=O)OC)C1CC1. The van der Waals surface area contributed by atoms with Gasteiger partial charge in [-0.2, -0.15) is 0 Å². The minimum Gasteiger partial charge on any atom is -0.468 e. The van der Waals surface area contributed by atoms with E-state index in [1.807, 2.05) is 6.92 Å². The molecule has 116 valence electrons. The highest BCUT2D eigenvalue weighted by atomic mass is 16.5. The number of ether oxygens (including phenoxy) is 2. The van der Waals surface area contributed by atoms with E-state index in [2.05, 4.69) is 5.32 Å². The Kier molecular flexibility index (Phi) is 5.85. The van der Waals surface area contributed by atoms with Gasteiger partial charge in [0.25, 0.3) is 0 Å². The number of hydrogen-bond donors (Lipinski definition) is 1. The van der Waals surface area contributed by atoms with Crippen LogP contribution in [-0.4, -0.2) is 38.4 Å². The molecule has 0 bridgehead atoms. The summed E-state index contributed by atoms with van der Waals surface area (Å²) in [6.07, 6.45) is 8.75. The number of carbonyl (C=O) groups is 1. The van der Waals surface area contributed by atoms with Crippen LogP contribution < -0.4 is 5.32 Å². The Hall–Kier alpha value is -0.610. The molecule has 0 amide bonds. The summed E-state index contributed by atoms with van der Waals surface area (Å²) in [6, 6.07) is 0. The number of carbonyl (C=O) groups excluding carboxylic acids is 1. The quantitative estimate of drug-likeness (QED) is 0.695. The number of nitrogens with one attached hydrogen (secondary N) is 1. The highest BCUT2D eigenvalue weighted by molar-refractivity contribution is 5.82. The van der Waals surface area contributed by atoms with Crippen molar-refractivity contribution in [1.82, 2.24) is 5.32 Å². The average molecular weight is 283 g/mol. The fourth-order valence-corrected chi connectivity index (χ4v) is 3.43. The molecule has 1 unspecified atom stereocenters. The topological polar surface area (TPSA) is 47.6 Å². The average Bonchev–Trinajstić information content (AvgIpc) is 3.31. The fraction of sp³-hybridized carbons (Fsp3) is 0.938. The largest absolute Gasteiger partial charge is 0.468 e. The van der Waals surface area contributed by atoms with Crippen LogP contribution in [0.2, 0.25) is 0 Å². The van der Waals surface area contributed by atoms with Gasteiger partial charge < -0.3 is 9.47 Å². The van der Waals surface area contributed by atoms with E-state index >= 15 is 0 Å². The molecular weight excluding hydrogens is 254 g/mol. The zero-order valence-electron chi connectivity index (χ0n) is 13.0. The van der Waals surface area contributed by atoms with Crippen molar-refractivity contribution >= 4 is 5.97 Å². The van der Waals surface area contributed by atoms with Crippen molar-refractivity contribution in [2.24, 2.45) is 11.8 Å². The highest BCUT2D eigenvalue weighted by Gasteiger charge is 2.51. The minimum atomic E-state index is -0.613. The maximum absolute atomic E-state index is 12.2. The monoisotopic (exact) mass is 283 g/mol. The van der Waals surface area contributed by atoms with Crippen molar-refractivity contribution in [2.45, 2.75) is 57.4 Å². The summed E-state index contributed by atoms with van der Waals surface area (Å²) in [5.74, 6) is 0.895. The molecule has 2 fully saturated rings. The summed E-state index contributed by atoms with van der Waals surface area (Å²) in [5.41, 5.74) is -0.613. The number of rotatable bonds is 8. The molecule has 0 aromatic heterocycles. The summed E-state index contributed by atoms with van der Waals surface area (Å²) in [7, 11) is 1.47. The van der Waals surface area contributed by atoms with Gasteiger partial charge in [-0.1, -0.05) is 26.2 Å². The van der Waals surface area contributed by atoms with Crippen molar-refractivity contribution in [2.75, 3.05) is 26.9 Å². The lowest BCUT2D eigenvalue weighted by Gasteiger charge is -2.32. The first-order valence-corrected chi connectivity index (χ1v) is 8.14. The predicted octanol–water partition coefficient (Wildman–Crippen LogP) is 2.51. The zero-order chi connectivity index (χ0) is 14.4. The first kappa shape index (κ1) is 15.8. The Balaban J connectivity index is 1.87. The van der Waals surface area contributed by atoms with E-state index in [0.717, 1.165) is 26.0 Å². The van der Waals surface area contributed by atoms with Gasteiger partial charge in [-0.3, -0.25) is 5.32 Å². The van der Waals surface area contributed by atoms with E-state index in [1.54, 1.807) is 0 Å². The van der Waals surface area contributed by atoms with Crippen LogP contribution in [0, 0.1) is 11.8 Å². The third-order valence-electron chi connectivity index (χ3n) is 4.72. The third kappa shape index (κ3) is 3.73. The summed E-state index contributed by atoms with van der Waals surface area (Å²) in [5, 5.41) is 3.35. The molecule has 2 rings (SSSR count). The molecule has 4 nitrogen and oxygen atoms in total. The van der Waals surface area contributed by atoms with Crippen molar-refractivity contribution in [1.29, 1.82) is 0 Å². The molecule has 1 N–H and O–H groups in total.